The molecule has 2 aliphatic heterocycles. The molecule has 164 valence electrons. The van der Waals surface area contributed by atoms with Gasteiger partial charge in [-0.25, -0.2) is 4.98 Å². The van der Waals surface area contributed by atoms with Gasteiger partial charge in [-0.1, -0.05) is 23.7 Å². The van der Waals surface area contributed by atoms with Crippen LogP contribution in [0.4, 0.5) is 11.5 Å². The van der Waals surface area contributed by atoms with E-state index in [1.54, 1.807) is 0 Å². The van der Waals surface area contributed by atoms with Gasteiger partial charge in [0.15, 0.2) is 0 Å². The average Bonchev–Trinajstić information content (AvgIpc) is 3.45. The third-order valence-electron chi connectivity index (χ3n) is 7.93. The Morgan fingerprint density at radius 3 is 2.71 bits per heavy atom. The fourth-order valence-electron chi connectivity index (χ4n) is 6.09. The summed E-state index contributed by atoms with van der Waals surface area (Å²) in [5.41, 5.74) is 3.04. The van der Waals surface area contributed by atoms with Crippen molar-refractivity contribution in [3.63, 3.8) is 0 Å². The zero-order valence-electron chi connectivity index (χ0n) is 17.5. The summed E-state index contributed by atoms with van der Waals surface area (Å²) in [5.74, 6) is 2.87. The molecular formula is C24H28ClN3O2S. The Bertz CT molecular complexity index is 1030. The predicted molar refractivity (Wildman–Crippen MR) is 125 cm³/mol. The zero-order valence-corrected chi connectivity index (χ0v) is 19.1. The fraction of sp³-hybridized carbons (Fsp3) is 0.542. The van der Waals surface area contributed by atoms with E-state index in [4.69, 9.17) is 16.6 Å². The van der Waals surface area contributed by atoms with Crippen molar-refractivity contribution in [1.82, 2.24) is 4.98 Å². The minimum atomic E-state index is -1.00. The van der Waals surface area contributed by atoms with E-state index in [9.17, 15) is 9.32 Å². The van der Waals surface area contributed by atoms with E-state index in [1.165, 1.54) is 12.0 Å². The number of nitrogens with one attached hydrogen (secondary N) is 1. The van der Waals surface area contributed by atoms with Crippen molar-refractivity contribution in [2.45, 2.75) is 60.9 Å². The van der Waals surface area contributed by atoms with Crippen molar-refractivity contribution in [2.75, 3.05) is 29.1 Å². The molecule has 0 radical (unpaired) electrons. The molecule has 2 aromatic rings. The summed E-state index contributed by atoms with van der Waals surface area (Å²) >= 11 is 6.08. The van der Waals surface area contributed by atoms with Gasteiger partial charge >= 0.3 is 0 Å². The minimum Gasteiger partial charge on any atom is -0.394 e. The SMILES string of the molecule is O=S1CCc2nc(N3CC4CC3CC4c3ccc(Cl)cc3)cc(NC3(CO)CCC3)c21. The van der Waals surface area contributed by atoms with Gasteiger partial charge in [-0.05, 0) is 61.6 Å². The lowest BCUT2D eigenvalue weighted by molar-refractivity contribution is 0.144. The van der Waals surface area contributed by atoms with Crippen LogP contribution in [0.1, 0.15) is 49.3 Å². The number of aliphatic hydroxyl groups is 1. The molecule has 6 rings (SSSR count). The van der Waals surface area contributed by atoms with Gasteiger partial charge < -0.3 is 15.3 Å². The maximum Gasteiger partial charge on any atom is 0.131 e. The molecule has 31 heavy (non-hydrogen) atoms. The molecule has 4 unspecified atom stereocenters. The Balaban J connectivity index is 1.28. The van der Waals surface area contributed by atoms with Crippen molar-refractivity contribution < 1.29 is 9.32 Å². The van der Waals surface area contributed by atoms with Gasteiger partial charge in [-0.2, -0.15) is 0 Å². The Morgan fingerprint density at radius 2 is 2.06 bits per heavy atom. The normalized spacial score (nSPS) is 30.3. The number of fused-ring (bicyclic) bond motifs is 3. The van der Waals surface area contributed by atoms with Crippen LogP contribution in [0.2, 0.25) is 5.02 Å². The first-order valence-corrected chi connectivity index (χ1v) is 13.1. The lowest BCUT2D eigenvalue weighted by Crippen LogP contribution is -2.48. The van der Waals surface area contributed by atoms with E-state index >= 15 is 0 Å². The predicted octanol–water partition coefficient (Wildman–Crippen LogP) is 4.11. The number of piperidine rings is 1. The Hall–Kier alpha value is -1.63. The standard InChI is InChI=1S/C24H28ClN3O2S/c25-17-4-2-15(3-5-17)19-11-18-10-16(19)13-28(18)22-12-21(27-24(14-29)7-1-8-24)23-20(26-22)6-9-31(23)30/h2-5,12,16,18-19,29H,1,6-11,13-14H2,(H,26,27). The Kier molecular flexibility index (Phi) is 4.82. The van der Waals surface area contributed by atoms with Crippen molar-refractivity contribution in [3.8, 4) is 0 Å². The maximum absolute atomic E-state index is 12.7. The molecule has 7 heteroatoms. The monoisotopic (exact) mass is 457 g/mol. The fourth-order valence-corrected chi connectivity index (χ4v) is 7.57. The van der Waals surface area contributed by atoms with E-state index < -0.39 is 10.8 Å². The highest BCUT2D eigenvalue weighted by Gasteiger charge is 2.46. The van der Waals surface area contributed by atoms with Crippen molar-refractivity contribution in [1.29, 1.82) is 0 Å². The van der Waals surface area contributed by atoms with Crippen molar-refractivity contribution in [2.24, 2.45) is 5.92 Å². The number of pyridine rings is 1. The molecule has 4 aliphatic rings. The zero-order chi connectivity index (χ0) is 21.2. The van der Waals surface area contributed by atoms with Crippen LogP contribution in [0.25, 0.3) is 0 Å². The summed E-state index contributed by atoms with van der Waals surface area (Å²) in [6.45, 7) is 1.13. The second kappa shape index (κ2) is 7.46. The summed E-state index contributed by atoms with van der Waals surface area (Å²) in [6.07, 6.45) is 6.14. The second-order valence-corrected chi connectivity index (χ2v) is 11.7. The van der Waals surface area contributed by atoms with Crippen LogP contribution in [-0.4, -0.2) is 44.8 Å². The van der Waals surface area contributed by atoms with Gasteiger partial charge in [-0.3, -0.25) is 4.21 Å². The van der Waals surface area contributed by atoms with Crippen molar-refractivity contribution in [3.05, 3.63) is 46.6 Å². The van der Waals surface area contributed by atoms with Crippen LogP contribution in [0.5, 0.6) is 0 Å². The molecule has 1 aromatic heterocycles. The molecule has 5 nitrogen and oxygen atoms in total. The highest BCUT2D eigenvalue weighted by molar-refractivity contribution is 7.85. The third-order valence-corrected chi connectivity index (χ3v) is 9.67. The van der Waals surface area contributed by atoms with Crippen LogP contribution in [0.3, 0.4) is 0 Å². The smallest absolute Gasteiger partial charge is 0.131 e. The molecule has 1 saturated heterocycles. The van der Waals surface area contributed by atoms with Crippen LogP contribution >= 0.6 is 11.6 Å². The molecule has 1 aromatic carbocycles. The van der Waals surface area contributed by atoms with E-state index in [2.05, 4.69) is 28.4 Å². The number of benzene rings is 1. The number of aryl methyl sites for hydroxylation is 1. The molecule has 3 fully saturated rings. The number of anilines is 2. The first-order chi connectivity index (χ1) is 15.0. The van der Waals surface area contributed by atoms with Gasteiger partial charge in [-0.15, -0.1) is 0 Å². The van der Waals surface area contributed by atoms with Crippen LogP contribution in [0.15, 0.2) is 35.2 Å². The number of hydrogen-bond donors (Lipinski definition) is 2. The number of nitrogens with zero attached hydrogens (tertiary/aromatic N) is 2. The molecule has 2 aliphatic carbocycles. The van der Waals surface area contributed by atoms with Gasteiger partial charge in [0.05, 0.1) is 39.2 Å². The van der Waals surface area contributed by atoms with E-state index in [-0.39, 0.29) is 12.1 Å². The highest BCUT2D eigenvalue weighted by Crippen LogP contribution is 2.49. The number of aromatic nitrogens is 1. The highest BCUT2D eigenvalue weighted by atomic mass is 35.5. The average molecular weight is 458 g/mol. The van der Waals surface area contributed by atoms with Gasteiger partial charge in [0.1, 0.15) is 5.82 Å². The van der Waals surface area contributed by atoms with Gasteiger partial charge in [0, 0.05) is 35.8 Å². The first-order valence-electron chi connectivity index (χ1n) is 11.4. The molecule has 0 amide bonds. The Labute approximate surface area is 190 Å². The van der Waals surface area contributed by atoms with Gasteiger partial charge in [0.25, 0.3) is 0 Å². The molecule has 4 atom stereocenters. The first kappa shape index (κ1) is 20.0. The summed E-state index contributed by atoms with van der Waals surface area (Å²) in [4.78, 5) is 8.32. The molecule has 3 heterocycles. The van der Waals surface area contributed by atoms with Crippen LogP contribution in [0, 0.1) is 5.92 Å². The van der Waals surface area contributed by atoms with Crippen LogP contribution < -0.4 is 10.2 Å². The molecule has 2 bridgehead atoms. The minimum absolute atomic E-state index is 0.114. The number of rotatable bonds is 5. The lowest BCUT2D eigenvalue weighted by Gasteiger charge is -2.42. The summed E-state index contributed by atoms with van der Waals surface area (Å²) < 4.78 is 12.7. The number of halogens is 1. The van der Waals surface area contributed by atoms with Gasteiger partial charge in [0.2, 0.25) is 0 Å². The lowest BCUT2D eigenvalue weighted by atomic mass is 9.77. The van der Waals surface area contributed by atoms with E-state index in [1.807, 2.05) is 12.1 Å². The number of hydrogen-bond acceptors (Lipinski definition) is 5. The molecule has 2 saturated carbocycles. The molecule has 0 spiro atoms. The second-order valence-electron chi connectivity index (χ2n) is 9.72. The maximum atomic E-state index is 12.7. The van der Waals surface area contributed by atoms with Crippen molar-refractivity contribution >= 4 is 33.9 Å². The van der Waals surface area contributed by atoms with Crippen LogP contribution in [-0.2, 0) is 17.2 Å². The number of aliphatic hydroxyl groups excluding tert-OH is 1. The third kappa shape index (κ3) is 3.30. The quantitative estimate of drug-likeness (QED) is 0.707. The van der Waals surface area contributed by atoms with E-state index in [0.717, 1.165) is 65.8 Å². The topological polar surface area (TPSA) is 65.5 Å². The van der Waals surface area contributed by atoms with E-state index in [0.29, 0.717) is 23.6 Å². The summed E-state index contributed by atoms with van der Waals surface area (Å²) in [7, 11) is -1.00. The largest absolute Gasteiger partial charge is 0.394 e. The Morgan fingerprint density at radius 1 is 1.26 bits per heavy atom. The molecular weight excluding hydrogens is 430 g/mol. The molecule has 2 N–H and O–H groups in total. The summed E-state index contributed by atoms with van der Waals surface area (Å²) in [6, 6.07) is 10.9. The summed E-state index contributed by atoms with van der Waals surface area (Å²) in [5, 5.41) is 14.4.